The van der Waals surface area contributed by atoms with Crippen LogP contribution in [-0.4, -0.2) is 47.7 Å². The number of ketones is 1. The fourth-order valence-electron chi connectivity index (χ4n) is 3.72. The number of benzene rings is 1. The van der Waals surface area contributed by atoms with E-state index in [0.29, 0.717) is 18.5 Å². The van der Waals surface area contributed by atoms with Crippen molar-refractivity contribution in [2.24, 2.45) is 5.41 Å². The smallest absolute Gasteiger partial charge is 0.221 e. The summed E-state index contributed by atoms with van der Waals surface area (Å²) in [5.74, 6) is 5.26. The number of nitrogens with one attached hydrogen (secondary N) is 2. The van der Waals surface area contributed by atoms with Crippen LogP contribution in [0.1, 0.15) is 72.4 Å². The molecule has 1 rings (SSSR count). The molecular formula is C28H42N2O4. The van der Waals surface area contributed by atoms with Crippen LogP contribution in [0.5, 0.6) is 0 Å². The molecule has 3 N–H and O–H groups in total. The highest BCUT2D eigenvalue weighted by atomic mass is 16.5. The Hall–Kier alpha value is -2.62. The van der Waals surface area contributed by atoms with Crippen LogP contribution >= 0.6 is 0 Å². The number of carbonyl (C=O) groups is 2. The van der Waals surface area contributed by atoms with E-state index in [4.69, 9.17) is 4.74 Å². The van der Waals surface area contributed by atoms with Gasteiger partial charge in [0.1, 0.15) is 18.2 Å². The van der Waals surface area contributed by atoms with E-state index in [2.05, 4.69) is 36.0 Å². The number of amides is 1. The average Bonchev–Trinajstić information content (AvgIpc) is 2.71. The molecule has 0 fully saturated rings. The second-order valence-corrected chi connectivity index (χ2v) is 10.4. The van der Waals surface area contributed by atoms with Crippen LogP contribution in [0.4, 0.5) is 0 Å². The molecule has 0 radical (unpaired) electrons. The van der Waals surface area contributed by atoms with Gasteiger partial charge >= 0.3 is 0 Å². The molecule has 2 atom stereocenters. The van der Waals surface area contributed by atoms with E-state index in [-0.39, 0.29) is 23.7 Å². The molecule has 1 aromatic rings. The van der Waals surface area contributed by atoms with Gasteiger partial charge in [-0.3, -0.25) is 9.59 Å². The van der Waals surface area contributed by atoms with Crippen molar-refractivity contribution in [3.05, 3.63) is 42.0 Å². The van der Waals surface area contributed by atoms with Crippen LogP contribution in [0.15, 0.2) is 30.8 Å². The van der Waals surface area contributed by atoms with Crippen LogP contribution in [-0.2, 0) is 20.7 Å². The quantitative estimate of drug-likeness (QED) is 0.381. The van der Waals surface area contributed by atoms with Gasteiger partial charge in [-0.1, -0.05) is 64.0 Å². The number of methoxy groups -OCH3 is 1. The molecule has 0 bridgehead atoms. The van der Waals surface area contributed by atoms with Crippen LogP contribution in [0, 0.1) is 17.3 Å². The van der Waals surface area contributed by atoms with Gasteiger partial charge in [0.15, 0.2) is 5.78 Å². The number of hydrogen-bond donors (Lipinski definition) is 3. The van der Waals surface area contributed by atoms with Crippen LogP contribution in [0.25, 0.3) is 5.70 Å². The van der Waals surface area contributed by atoms with Crippen LogP contribution < -0.4 is 10.6 Å². The molecule has 0 saturated heterocycles. The first-order valence-electron chi connectivity index (χ1n) is 11.7. The number of rotatable bonds is 13. The van der Waals surface area contributed by atoms with E-state index in [1.54, 1.807) is 13.8 Å². The number of hydrogen-bond acceptors (Lipinski definition) is 5. The summed E-state index contributed by atoms with van der Waals surface area (Å²) in [5, 5.41) is 16.6. The predicted molar refractivity (Wildman–Crippen MR) is 138 cm³/mol. The molecule has 1 unspecified atom stereocenters. The zero-order chi connectivity index (χ0) is 26.2. The maximum Gasteiger partial charge on any atom is 0.221 e. The number of aliphatic hydroxyl groups is 1. The van der Waals surface area contributed by atoms with Crippen molar-refractivity contribution in [2.75, 3.05) is 13.7 Å². The summed E-state index contributed by atoms with van der Waals surface area (Å²) in [6.45, 7) is 17.2. The molecule has 6 heteroatoms. The number of carbonyl (C=O) groups excluding carboxylic acids is 2. The van der Waals surface area contributed by atoms with E-state index in [1.807, 2.05) is 52.0 Å². The minimum atomic E-state index is -1.10. The highest BCUT2D eigenvalue weighted by Crippen LogP contribution is 2.25. The molecule has 0 aromatic heterocycles. The van der Waals surface area contributed by atoms with Crippen molar-refractivity contribution in [1.82, 2.24) is 10.6 Å². The Labute approximate surface area is 205 Å². The Morgan fingerprint density at radius 2 is 1.74 bits per heavy atom. The van der Waals surface area contributed by atoms with Gasteiger partial charge < -0.3 is 20.5 Å². The maximum absolute atomic E-state index is 12.9. The summed E-state index contributed by atoms with van der Waals surface area (Å²) in [5.41, 5.74) is 0.182. The maximum atomic E-state index is 12.9. The molecule has 34 heavy (non-hydrogen) atoms. The Kier molecular flexibility index (Phi) is 10.5. The van der Waals surface area contributed by atoms with Gasteiger partial charge in [0.05, 0.1) is 5.54 Å². The summed E-state index contributed by atoms with van der Waals surface area (Å²) < 4.78 is 5.09. The van der Waals surface area contributed by atoms with Crippen LogP contribution in [0.3, 0.4) is 0 Å². The van der Waals surface area contributed by atoms with E-state index >= 15 is 0 Å². The van der Waals surface area contributed by atoms with Gasteiger partial charge in [-0.2, -0.15) is 0 Å². The van der Waals surface area contributed by atoms with E-state index in [9.17, 15) is 14.7 Å². The molecule has 0 heterocycles. The zero-order valence-electron chi connectivity index (χ0n) is 22.1. The lowest BCUT2D eigenvalue weighted by atomic mass is 9.85. The standard InChI is InChI=1S/C28H42N2O4/c1-10-16-28(8,33)17-21-12-14-22(15-13-21)20(3)29-25(23(31)19-34-9)27(6,7)30-24(32)18-26(4,5)11-2/h12-15,25,29,33H,3,11,17-19H2,1-2,4-9H3,(H,30,32)/t25-,28?/m1/s1. The Morgan fingerprint density at radius 1 is 1.15 bits per heavy atom. The zero-order valence-corrected chi connectivity index (χ0v) is 22.1. The van der Waals surface area contributed by atoms with Gasteiger partial charge in [-0.15, -0.1) is 5.92 Å². The molecule has 1 aromatic carbocycles. The van der Waals surface area contributed by atoms with Gasteiger partial charge in [-0.05, 0) is 44.2 Å². The largest absolute Gasteiger partial charge is 0.378 e. The van der Waals surface area contributed by atoms with Crippen molar-refractivity contribution in [3.8, 4) is 11.8 Å². The second kappa shape index (κ2) is 12.2. The van der Waals surface area contributed by atoms with E-state index < -0.39 is 17.2 Å². The summed E-state index contributed by atoms with van der Waals surface area (Å²) in [6.07, 6.45) is 1.64. The fraction of sp³-hybridized carbons (Fsp3) is 0.571. The Bertz CT molecular complexity index is 918. The predicted octanol–water partition coefficient (Wildman–Crippen LogP) is 3.87. The molecule has 1 amide bonds. The molecule has 188 valence electrons. The lowest BCUT2D eigenvalue weighted by molar-refractivity contribution is -0.128. The topological polar surface area (TPSA) is 87.7 Å². The van der Waals surface area contributed by atoms with Gasteiger partial charge in [0.2, 0.25) is 5.91 Å². The van der Waals surface area contributed by atoms with E-state index in [1.165, 1.54) is 7.11 Å². The minimum Gasteiger partial charge on any atom is -0.378 e. The molecule has 0 aliphatic heterocycles. The monoisotopic (exact) mass is 470 g/mol. The lowest BCUT2D eigenvalue weighted by Gasteiger charge is -2.37. The number of ether oxygens (including phenoxy) is 1. The molecule has 6 nitrogen and oxygen atoms in total. The van der Waals surface area contributed by atoms with Crippen LogP contribution in [0.2, 0.25) is 0 Å². The first-order chi connectivity index (χ1) is 15.7. The SMILES string of the molecule is C=C(N[C@H](C(=O)COC)C(C)(C)NC(=O)CC(C)(C)CC)c1ccc(CC(C)(O)C#CC)cc1. The molecular weight excluding hydrogens is 428 g/mol. The average molecular weight is 471 g/mol. The van der Waals surface area contributed by atoms with E-state index in [0.717, 1.165) is 17.5 Å². The normalized spacial score (nSPS) is 14.3. The van der Waals surface area contributed by atoms with Crippen molar-refractivity contribution in [1.29, 1.82) is 0 Å². The van der Waals surface area contributed by atoms with Crippen molar-refractivity contribution in [3.63, 3.8) is 0 Å². The molecule has 0 aliphatic carbocycles. The summed E-state index contributed by atoms with van der Waals surface area (Å²) >= 11 is 0. The fourth-order valence-corrected chi connectivity index (χ4v) is 3.72. The van der Waals surface area contributed by atoms with Gasteiger partial charge in [0.25, 0.3) is 0 Å². The first kappa shape index (κ1) is 29.4. The van der Waals surface area contributed by atoms with Gasteiger partial charge in [-0.25, -0.2) is 0 Å². The summed E-state index contributed by atoms with van der Waals surface area (Å²) in [7, 11) is 1.47. The molecule has 0 saturated carbocycles. The third kappa shape index (κ3) is 9.32. The second-order valence-electron chi connectivity index (χ2n) is 10.4. The lowest BCUT2D eigenvalue weighted by Crippen LogP contribution is -2.61. The highest BCUT2D eigenvalue weighted by Gasteiger charge is 2.37. The first-order valence-corrected chi connectivity index (χ1v) is 11.7. The molecule has 0 spiro atoms. The van der Waals surface area contributed by atoms with Crippen molar-refractivity contribution < 1.29 is 19.4 Å². The minimum absolute atomic E-state index is 0.0861. The van der Waals surface area contributed by atoms with Gasteiger partial charge in [0, 0.05) is 25.6 Å². The Balaban J connectivity index is 3.04. The third-order valence-corrected chi connectivity index (χ3v) is 5.95. The third-order valence-electron chi connectivity index (χ3n) is 5.95. The summed E-state index contributed by atoms with van der Waals surface area (Å²) in [6, 6.07) is 6.83. The highest BCUT2D eigenvalue weighted by molar-refractivity contribution is 5.89. The van der Waals surface area contributed by atoms with Crippen molar-refractivity contribution in [2.45, 2.75) is 84.9 Å². The summed E-state index contributed by atoms with van der Waals surface area (Å²) in [4.78, 5) is 25.7. The van der Waals surface area contributed by atoms with Crippen molar-refractivity contribution >= 4 is 17.4 Å². The number of Topliss-reactive ketones (excluding diaryl/α,β-unsaturated/α-hetero) is 1. The Morgan fingerprint density at radius 3 is 2.24 bits per heavy atom. The molecule has 0 aliphatic rings.